The van der Waals surface area contributed by atoms with Crippen LogP contribution in [0, 0.1) is 15.9 Å². The molecule has 0 aliphatic rings. The Morgan fingerprint density at radius 3 is 2.71 bits per heavy atom. The Hall–Kier alpha value is -1.78. The summed E-state index contributed by atoms with van der Waals surface area (Å²) >= 11 is 5.48. The second-order valence-corrected chi connectivity index (χ2v) is 2.62. The van der Waals surface area contributed by atoms with Crippen molar-refractivity contribution < 1.29 is 14.1 Å². The highest BCUT2D eigenvalue weighted by Gasteiger charge is 2.17. The van der Waals surface area contributed by atoms with Gasteiger partial charge >= 0.3 is 5.69 Å². The molecule has 0 radical (unpaired) electrons. The molecule has 0 N–H and O–H groups in total. The zero-order valence-electron chi connectivity index (χ0n) is 6.53. The van der Waals surface area contributed by atoms with Crippen molar-refractivity contribution in [3.63, 3.8) is 0 Å². The monoisotopic (exact) mass is 216 g/mol. The van der Waals surface area contributed by atoms with Crippen molar-refractivity contribution in [3.8, 4) is 0 Å². The number of halogens is 2. The molecule has 0 amide bonds. The van der Waals surface area contributed by atoms with Crippen molar-refractivity contribution in [2.75, 3.05) is 0 Å². The first-order chi connectivity index (χ1) is 6.56. The molecule has 0 saturated heterocycles. The second-order valence-electron chi connectivity index (χ2n) is 2.22. The standard InChI is InChI=1S/C7H2ClFN2O3/c8-4-1-7(11(13)14)5(9)2-6(4)10-3-12/h1-2H. The van der Waals surface area contributed by atoms with Crippen LogP contribution < -0.4 is 0 Å². The number of isocyanates is 1. The molecule has 7 heteroatoms. The average Bonchev–Trinajstić information content (AvgIpc) is 2.10. The first kappa shape index (κ1) is 10.3. The highest BCUT2D eigenvalue weighted by Crippen LogP contribution is 2.31. The molecule has 0 bridgehead atoms. The van der Waals surface area contributed by atoms with Gasteiger partial charge < -0.3 is 0 Å². The van der Waals surface area contributed by atoms with Crippen LogP contribution in [-0.4, -0.2) is 11.0 Å². The maximum Gasteiger partial charge on any atom is 0.306 e. The number of nitro groups is 1. The molecule has 14 heavy (non-hydrogen) atoms. The highest BCUT2D eigenvalue weighted by molar-refractivity contribution is 6.33. The third-order valence-electron chi connectivity index (χ3n) is 1.38. The molecule has 1 aromatic carbocycles. The molecule has 0 aliphatic heterocycles. The Bertz CT molecular complexity index is 415. The zero-order chi connectivity index (χ0) is 10.7. The van der Waals surface area contributed by atoms with Gasteiger partial charge in [-0.3, -0.25) is 10.1 Å². The SMILES string of the molecule is O=C=Nc1cc(F)c([N+](=O)[O-])cc1Cl. The molecule has 72 valence electrons. The number of aliphatic imine (C=N–C) groups is 1. The third-order valence-corrected chi connectivity index (χ3v) is 1.68. The molecular weight excluding hydrogens is 215 g/mol. The van der Waals surface area contributed by atoms with Gasteiger partial charge in [-0.15, -0.1) is 0 Å². The van der Waals surface area contributed by atoms with Crippen LogP contribution in [0.25, 0.3) is 0 Å². The van der Waals surface area contributed by atoms with Crippen molar-refractivity contribution >= 4 is 29.1 Å². The van der Waals surface area contributed by atoms with E-state index in [9.17, 15) is 19.3 Å². The van der Waals surface area contributed by atoms with Crippen molar-refractivity contribution in [2.24, 2.45) is 4.99 Å². The fourth-order valence-corrected chi connectivity index (χ4v) is 1.00. The minimum atomic E-state index is -1.10. The normalized spacial score (nSPS) is 9.29. The van der Waals surface area contributed by atoms with E-state index in [1.165, 1.54) is 0 Å². The maximum atomic E-state index is 12.9. The van der Waals surface area contributed by atoms with E-state index < -0.39 is 16.4 Å². The molecule has 0 unspecified atom stereocenters. The van der Waals surface area contributed by atoms with Crippen molar-refractivity contribution in [1.82, 2.24) is 0 Å². The van der Waals surface area contributed by atoms with Crippen molar-refractivity contribution in [1.29, 1.82) is 0 Å². The number of hydrogen-bond donors (Lipinski definition) is 0. The van der Waals surface area contributed by atoms with Crippen LogP contribution in [0.3, 0.4) is 0 Å². The summed E-state index contributed by atoms with van der Waals surface area (Å²) in [6.45, 7) is 0. The summed E-state index contributed by atoms with van der Waals surface area (Å²) in [4.78, 5) is 22.2. The lowest BCUT2D eigenvalue weighted by Crippen LogP contribution is -1.92. The number of nitro benzene ring substituents is 1. The highest BCUT2D eigenvalue weighted by atomic mass is 35.5. The van der Waals surface area contributed by atoms with Crippen LogP contribution in [0.15, 0.2) is 17.1 Å². The topological polar surface area (TPSA) is 72.6 Å². The van der Waals surface area contributed by atoms with Crippen LogP contribution in [0.2, 0.25) is 5.02 Å². The molecule has 0 aromatic heterocycles. The molecule has 5 nitrogen and oxygen atoms in total. The molecule has 0 heterocycles. The van der Waals surface area contributed by atoms with Crippen molar-refractivity contribution in [2.45, 2.75) is 0 Å². The lowest BCUT2D eigenvalue weighted by atomic mass is 10.3. The maximum absolute atomic E-state index is 12.9. The number of hydrogen-bond acceptors (Lipinski definition) is 4. The number of nitrogens with zero attached hydrogens (tertiary/aromatic N) is 2. The molecule has 0 aliphatic carbocycles. The summed E-state index contributed by atoms with van der Waals surface area (Å²) in [6.07, 6.45) is 1.15. The molecule has 1 rings (SSSR count). The molecule has 0 spiro atoms. The van der Waals surface area contributed by atoms with Gasteiger partial charge in [0.2, 0.25) is 11.9 Å². The van der Waals surface area contributed by atoms with E-state index in [4.69, 9.17) is 11.6 Å². The predicted molar refractivity (Wildman–Crippen MR) is 45.8 cm³/mol. The van der Waals surface area contributed by atoms with Gasteiger partial charge in [-0.2, -0.15) is 9.38 Å². The summed E-state index contributed by atoms with van der Waals surface area (Å²) in [6, 6.07) is 1.48. The summed E-state index contributed by atoms with van der Waals surface area (Å²) in [5.41, 5.74) is -0.954. The van der Waals surface area contributed by atoms with E-state index >= 15 is 0 Å². The number of rotatable bonds is 2. The van der Waals surface area contributed by atoms with Gasteiger partial charge in [-0.1, -0.05) is 11.6 Å². The average molecular weight is 217 g/mol. The first-order valence-electron chi connectivity index (χ1n) is 3.27. The predicted octanol–water partition coefficient (Wildman–Crippen LogP) is 2.35. The molecule has 1 aromatic rings. The van der Waals surface area contributed by atoms with Crippen LogP contribution >= 0.6 is 11.6 Å². The number of benzene rings is 1. The zero-order valence-corrected chi connectivity index (χ0v) is 7.29. The van der Waals surface area contributed by atoms with E-state index in [0.29, 0.717) is 6.07 Å². The summed E-state index contributed by atoms with van der Waals surface area (Å²) in [7, 11) is 0. The summed E-state index contributed by atoms with van der Waals surface area (Å²) in [5, 5.41) is 10.1. The smallest absolute Gasteiger partial charge is 0.258 e. The fourth-order valence-electron chi connectivity index (χ4n) is 0.801. The Morgan fingerprint density at radius 2 is 2.21 bits per heavy atom. The van der Waals surface area contributed by atoms with Gasteiger partial charge in [0.1, 0.15) is 0 Å². The molecule has 0 saturated carbocycles. The minimum Gasteiger partial charge on any atom is -0.258 e. The fraction of sp³-hybridized carbons (Fsp3) is 0. The lowest BCUT2D eigenvalue weighted by molar-refractivity contribution is -0.387. The largest absolute Gasteiger partial charge is 0.306 e. The Balaban J connectivity index is 3.37. The van der Waals surface area contributed by atoms with Crippen molar-refractivity contribution in [3.05, 3.63) is 33.1 Å². The lowest BCUT2D eigenvalue weighted by Gasteiger charge is -1.97. The van der Waals surface area contributed by atoms with Crippen LogP contribution in [0.5, 0.6) is 0 Å². The van der Waals surface area contributed by atoms with Crippen LogP contribution in [-0.2, 0) is 4.79 Å². The molecular formula is C7H2ClFN2O3. The summed E-state index contributed by atoms with van der Waals surface area (Å²) < 4.78 is 12.9. The molecule has 0 fully saturated rings. The van der Waals surface area contributed by atoms with Gasteiger partial charge in [0.25, 0.3) is 0 Å². The first-order valence-corrected chi connectivity index (χ1v) is 3.65. The van der Waals surface area contributed by atoms with Gasteiger partial charge in [0.15, 0.2) is 0 Å². The van der Waals surface area contributed by atoms with E-state index in [2.05, 4.69) is 4.99 Å². The van der Waals surface area contributed by atoms with E-state index in [1.807, 2.05) is 0 Å². The quantitative estimate of drug-likeness (QED) is 0.330. The van der Waals surface area contributed by atoms with Gasteiger partial charge in [-0.25, -0.2) is 4.79 Å². The second kappa shape index (κ2) is 3.95. The van der Waals surface area contributed by atoms with E-state index in [-0.39, 0.29) is 10.7 Å². The van der Waals surface area contributed by atoms with E-state index in [1.54, 1.807) is 0 Å². The molecule has 0 atom stereocenters. The Morgan fingerprint density at radius 1 is 1.57 bits per heavy atom. The van der Waals surface area contributed by atoms with Crippen LogP contribution in [0.1, 0.15) is 0 Å². The van der Waals surface area contributed by atoms with Gasteiger partial charge in [-0.05, 0) is 0 Å². The van der Waals surface area contributed by atoms with Gasteiger partial charge in [0.05, 0.1) is 15.6 Å². The minimum absolute atomic E-state index is 0.179. The Kier molecular flexibility index (Phi) is 2.91. The number of carbonyl (C=O) groups excluding carboxylic acids is 1. The third kappa shape index (κ3) is 1.93. The summed E-state index contributed by atoms with van der Waals surface area (Å²) in [5.74, 6) is -1.10. The Labute approximate surface area is 82.0 Å². The van der Waals surface area contributed by atoms with Crippen LogP contribution in [0.4, 0.5) is 15.8 Å². The van der Waals surface area contributed by atoms with E-state index in [0.717, 1.165) is 12.1 Å². The van der Waals surface area contributed by atoms with Gasteiger partial charge in [0, 0.05) is 12.1 Å².